The molecule has 6 heteroatoms. The van der Waals surface area contributed by atoms with Crippen LogP contribution in [0.4, 0.5) is 4.39 Å². The number of aliphatic carboxylic acids is 1. The molecule has 116 valence electrons. The summed E-state index contributed by atoms with van der Waals surface area (Å²) in [5.74, 6) is -1.32. The lowest BCUT2D eigenvalue weighted by molar-refractivity contribution is -0.139. The number of carboxylic acid groups (broad SMARTS) is 1. The summed E-state index contributed by atoms with van der Waals surface area (Å²) in [6.07, 6.45) is 0. The molecule has 0 atom stereocenters. The first-order valence-corrected chi connectivity index (χ1v) is 6.81. The summed E-state index contributed by atoms with van der Waals surface area (Å²) in [5.41, 5.74) is 1.37. The van der Waals surface area contributed by atoms with E-state index in [9.17, 15) is 9.18 Å². The average Bonchev–Trinajstić information content (AvgIpc) is 2.46. The van der Waals surface area contributed by atoms with Gasteiger partial charge in [-0.3, -0.25) is 0 Å². The number of carbonyl (C=O) groups is 1. The van der Waals surface area contributed by atoms with E-state index in [1.54, 1.807) is 18.2 Å². The molecule has 0 aromatic heterocycles. The van der Waals surface area contributed by atoms with Crippen LogP contribution in [0.5, 0.6) is 5.75 Å². The summed E-state index contributed by atoms with van der Waals surface area (Å²) >= 11 is 5.95. The molecule has 0 aliphatic carbocycles. The zero-order valence-corrected chi connectivity index (χ0v) is 12.6. The Kier molecular flexibility index (Phi) is 5.35. The minimum Gasteiger partial charge on any atom is -0.481 e. The molecule has 22 heavy (non-hydrogen) atoms. The highest BCUT2D eigenvalue weighted by atomic mass is 35.5. The Labute approximate surface area is 132 Å². The Balaban J connectivity index is 2.42. The molecule has 0 saturated carbocycles. The monoisotopic (exact) mass is 324 g/mol. The molecule has 0 unspecified atom stereocenters. The van der Waals surface area contributed by atoms with E-state index in [2.05, 4.69) is 0 Å². The van der Waals surface area contributed by atoms with Crippen LogP contribution in [0.2, 0.25) is 5.02 Å². The Morgan fingerprint density at radius 3 is 2.64 bits per heavy atom. The molecule has 0 fully saturated rings. The van der Waals surface area contributed by atoms with Gasteiger partial charge in [0, 0.05) is 23.3 Å². The molecule has 0 aliphatic rings. The van der Waals surface area contributed by atoms with Crippen molar-refractivity contribution in [3.05, 3.63) is 52.8 Å². The van der Waals surface area contributed by atoms with Gasteiger partial charge in [-0.2, -0.15) is 0 Å². The van der Waals surface area contributed by atoms with Crippen LogP contribution in [0.3, 0.4) is 0 Å². The molecule has 2 aromatic rings. The smallest absolute Gasteiger partial charge is 0.341 e. The van der Waals surface area contributed by atoms with Gasteiger partial charge in [0.25, 0.3) is 0 Å². The van der Waals surface area contributed by atoms with Crippen molar-refractivity contribution in [3.63, 3.8) is 0 Å². The van der Waals surface area contributed by atoms with Crippen LogP contribution in [0.25, 0.3) is 11.1 Å². The highest BCUT2D eigenvalue weighted by Crippen LogP contribution is 2.34. The predicted molar refractivity (Wildman–Crippen MR) is 80.7 cm³/mol. The van der Waals surface area contributed by atoms with Gasteiger partial charge in [0.1, 0.15) is 11.6 Å². The predicted octanol–water partition coefficient (Wildman–Crippen LogP) is 3.76. The standard InChI is InChI=1S/C16H14ClFO4/c1-21-8-10-2-4-12(14(18)6-10)13-7-11(17)3-5-15(13)22-9-16(19)20/h2-7H,8-9H2,1H3,(H,19,20). The molecule has 0 heterocycles. The minimum atomic E-state index is -1.11. The lowest BCUT2D eigenvalue weighted by Crippen LogP contribution is -2.10. The van der Waals surface area contributed by atoms with Crippen LogP contribution < -0.4 is 4.74 Å². The van der Waals surface area contributed by atoms with Gasteiger partial charge < -0.3 is 14.6 Å². The van der Waals surface area contributed by atoms with E-state index in [-0.39, 0.29) is 11.3 Å². The van der Waals surface area contributed by atoms with E-state index in [0.29, 0.717) is 22.8 Å². The number of hydrogen-bond acceptors (Lipinski definition) is 3. The fraction of sp³-hybridized carbons (Fsp3) is 0.188. The van der Waals surface area contributed by atoms with Crippen LogP contribution in [0.1, 0.15) is 5.56 Å². The van der Waals surface area contributed by atoms with Crippen molar-refractivity contribution in [2.45, 2.75) is 6.61 Å². The van der Waals surface area contributed by atoms with Gasteiger partial charge in [-0.1, -0.05) is 23.7 Å². The molecule has 2 rings (SSSR count). The maximum Gasteiger partial charge on any atom is 0.341 e. The second kappa shape index (κ2) is 7.24. The first-order valence-electron chi connectivity index (χ1n) is 6.43. The van der Waals surface area contributed by atoms with Gasteiger partial charge in [0.05, 0.1) is 6.61 Å². The summed E-state index contributed by atoms with van der Waals surface area (Å²) in [5, 5.41) is 9.10. The van der Waals surface area contributed by atoms with Gasteiger partial charge in [0.15, 0.2) is 6.61 Å². The van der Waals surface area contributed by atoms with Crippen LogP contribution in [-0.2, 0) is 16.1 Å². The normalized spacial score (nSPS) is 10.5. The van der Waals surface area contributed by atoms with Crippen LogP contribution in [-0.4, -0.2) is 24.8 Å². The molecule has 0 amide bonds. The lowest BCUT2D eigenvalue weighted by atomic mass is 10.0. The zero-order valence-electron chi connectivity index (χ0n) is 11.8. The SMILES string of the molecule is COCc1ccc(-c2cc(Cl)ccc2OCC(=O)O)c(F)c1. The number of halogens is 2. The van der Waals surface area contributed by atoms with Crippen LogP contribution in [0, 0.1) is 5.82 Å². The number of ether oxygens (including phenoxy) is 2. The minimum absolute atomic E-state index is 0.255. The fourth-order valence-corrected chi connectivity index (χ4v) is 2.18. The van der Waals surface area contributed by atoms with E-state index >= 15 is 0 Å². The summed E-state index contributed by atoms with van der Waals surface area (Å²) in [6, 6.07) is 9.28. The summed E-state index contributed by atoms with van der Waals surface area (Å²) < 4.78 is 24.4. The summed E-state index contributed by atoms with van der Waals surface area (Å²) in [7, 11) is 1.53. The van der Waals surface area contributed by atoms with Crippen molar-refractivity contribution in [2.75, 3.05) is 13.7 Å². The van der Waals surface area contributed by atoms with E-state index in [0.717, 1.165) is 0 Å². The topological polar surface area (TPSA) is 55.8 Å². The van der Waals surface area contributed by atoms with Gasteiger partial charge in [0.2, 0.25) is 0 Å². The number of methoxy groups -OCH3 is 1. The highest BCUT2D eigenvalue weighted by molar-refractivity contribution is 6.31. The third-order valence-corrected chi connectivity index (χ3v) is 3.16. The third-order valence-electron chi connectivity index (χ3n) is 2.93. The van der Waals surface area contributed by atoms with Crippen LogP contribution in [0.15, 0.2) is 36.4 Å². The largest absolute Gasteiger partial charge is 0.481 e. The van der Waals surface area contributed by atoms with Crippen molar-refractivity contribution >= 4 is 17.6 Å². The maximum absolute atomic E-state index is 14.3. The number of benzene rings is 2. The van der Waals surface area contributed by atoms with Crippen molar-refractivity contribution < 1.29 is 23.8 Å². The quantitative estimate of drug-likeness (QED) is 0.879. The number of rotatable bonds is 6. The van der Waals surface area contributed by atoms with E-state index < -0.39 is 18.4 Å². The first kappa shape index (κ1) is 16.3. The third kappa shape index (κ3) is 3.96. The lowest BCUT2D eigenvalue weighted by Gasteiger charge is -2.12. The Morgan fingerprint density at radius 2 is 2.00 bits per heavy atom. The zero-order chi connectivity index (χ0) is 16.1. The molecule has 2 aromatic carbocycles. The van der Waals surface area contributed by atoms with Gasteiger partial charge >= 0.3 is 5.97 Å². The molecule has 1 N–H and O–H groups in total. The van der Waals surface area contributed by atoms with Gasteiger partial charge in [-0.25, -0.2) is 9.18 Å². The van der Waals surface area contributed by atoms with E-state index in [1.807, 2.05) is 0 Å². The second-order valence-corrected chi connectivity index (χ2v) is 5.01. The molecular weight excluding hydrogens is 311 g/mol. The van der Waals surface area contributed by atoms with E-state index in [4.69, 9.17) is 26.2 Å². The average molecular weight is 325 g/mol. The molecule has 0 radical (unpaired) electrons. The second-order valence-electron chi connectivity index (χ2n) is 4.57. The summed E-state index contributed by atoms with van der Waals surface area (Å²) in [6.45, 7) is -0.215. The number of hydrogen-bond donors (Lipinski definition) is 1. The van der Waals surface area contributed by atoms with Gasteiger partial charge in [-0.15, -0.1) is 0 Å². The molecule has 0 aliphatic heterocycles. The Bertz CT molecular complexity index is 688. The molecule has 0 spiro atoms. The van der Waals surface area contributed by atoms with Crippen molar-refractivity contribution in [2.24, 2.45) is 0 Å². The Hall–Kier alpha value is -2.11. The molecular formula is C16H14ClFO4. The highest BCUT2D eigenvalue weighted by Gasteiger charge is 2.13. The first-order chi connectivity index (χ1) is 10.5. The Morgan fingerprint density at radius 1 is 1.23 bits per heavy atom. The summed E-state index contributed by atoms with van der Waals surface area (Å²) in [4.78, 5) is 10.6. The van der Waals surface area contributed by atoms with Crippen LogP contribution >= 0.6 is 11.6 Å². The number of carboxylic acids is 1. The molecule has 4 nitrogen and oxygen atoms in total. The molecule has 0 saturated heterocycles. The molecule has 0 bridgehead atoms. The van der Waals surface area contributed by atoms with Gasteiger partial charge in [-0.05, 0) is 29.8 Å². The van der Waals surface area contributed by atoms with Crippen molar-refractivity contribution in [3.8, 4) is 16.9 Å². The fourth-order valence-electron chi connectivity index (χ4n) is 2.01. The van der Waals surface area contributed by atoms with Crippen molar-refractivity contribution in [1.82, 2.24) is 0 Å². The van der Waals surface area contributed by atoms with E-state index in [1.165, 1.54) is 25.3 Å². The maximum atomic E-state index is 14.3. The van der Waals surface area contributed by atoms with Crippen molar-refractivity contribution in [1.29, 1.82) is 0 Å².